The number of benzene rings is 2. The number of hydrogen-bond donors (Lipinski definition) is 2. The lowest BCUT2D eigenvalue weighted by Crippen LogP contribution is -2.45. The molecule has 4 aromatic rings. The lowest BCUT2D eigenvalue weighted by Gasteiger charge is -2.34. The van der Waals surface area contributed by atoms with Crippen LogP contribution in [0.3, 0.4) is 0 Å². The first kappa shape index (κ1) is 29.8. The minimum Gasteiger partial charge on any atom is -0.356 e. The Labute approximate surface area is 263 Å². The Morgan fingerprint density at radius 3 is 2.18 bits per heavy atom. The summed E-state index contributed by atoms with van der Waals surface area (Å²) in [4.78, 5) is 39.3. The molecule has 0 saturated carbocycles. The van der Waals surface area contributed by atoms with E-state index >= 15 is 0 Å². The van der Waals surface area contributed by atoms with Gasteiger partial charge in [0.1, 0.15) is 5.82 Å². The second-order valence-corrected chi connectivity index (χ2v) is 11.9. The summed E-state index contributed by atoms with van der Waals surface area (Å²) in [7, 11) is 0. The molecule has 44 heavy (non-hydrogen) atoms. The average Bonchev–Trinajstić information content (AvgIpc) is 3.07. The molecule has 9 heteroatoms. The highest BCUT2D eigenvalue weighted by Gasteiger charge is 2.24. The number of carbonyl (C=O) groups is 2. The van der Waals surface area contributed by atoms with Crippen molar-refractivity contribution in [1.82, 2.24) is 25.5 Å². The van der Waals surface area contributed by atoms with Crippen molar-refractivity contribution >= 4 is 29.2 Å². The first-order chi connectivity index (χ1) is 21.5. The third kappa shape index (κ3) is 7.26. The van der Waals surface area contributed by atoms with Crippen LogP contribution in [0.1, 0.15) is 52.0 Å². The minimum absolute atomic E-state index is 0.00563. The molecule has 4 heterocycles. The van der Waals surface area contributed by atoms with Crippen molar-refractivity contribution in [3.05, 3.63) is 113 Å². The van der Waals surface area contributed by atoms with E-state index in [0.717, 1.165) is 75.4 Å². The predicted octanol–water partition coefficient (Wildman–Crippen LogP) is 5.59. The molecule has 226 valence electrons. The molecule has 2 fully saturated rings. The fraction of sp³-hybridized carbons (Fsp3) is 0.314. The van der Waals surface area contributed by atoms with Crippen LogP contribution in [0.15, 0.2) is 91.4 Å². The van der Waals surface area contributed by atoms with Gasteiger partial charge in [-0.2, -0.15) is 0 Å². The maximum atomic E-state index is 13.1. The van der Waals surface area contributed by atoms with Crippen LogP contribution in [0.2, 0.25) is 5.02 Å². The Morgan fingerprint density at radius 1 is 0.773 bits per heavy atom. The molecule has 2 saturated heterocycles. The van der Waals surface area contributed by atoms with Crippen molar-refractivity contribution < 1.29 is 9.59 Å². The number of halogens is 1. The number of pyridine rings is 2. The second-order valence-electron chi connectivity index (χ2n) is 11.6. The van der Waals surface area contributed by atoms with Gasteiger partial charge in [-0.15, -0.1) is 0 Å². The molecule has 2 amide bonds. The van der Waals surface area contributed by atoms with E-state index in [4.69, 9.17) is 16.6 Å². The Balaban J connectivity index is 0.946. The van der Waals surface area contributed by atoms with Crippen LogP contribution in [0.25, 0.3) is 11.1 Å². The van der Waals surface area contributed by atoms with Gasteiger partial charge in [0, 0.05) is 80.1 Å². The molecule has 0 aliphatic carbocycles. The standard InChI is InChI=1S/C35H37ClN6O2/c36-33-30(27-8-5-17-37-23-27)9-4-10-31(33)35(44)40-28-13-18-41(19-14-28)24-25-11-12-32(38-22-25)42-20-15-29(16-21-42)39-34(43)26-6-2-1-3-7-26/h1-12,17,22-23,28-29H,13-16,18-21,24H2,(H,39,43)(H,40,44). The summed E-state index contributed by atoms with van der Waals surface area (Å²) >= 11 is 6.65. The molecular formula is C35H37ClN6O2. The molecule has 0 spiro atoms. The van der Waals surface area contributed by atoms with Gasteiger partial charge in [-0.3, -0.25) is 19.5 Å². The lowest BCUT2D eigenvalue weighted by atomic mass is 10.0. The van der Waals surface area contributed by atoms with Crippen LogP contribution < -0.4 is 15.5 Å². The molecule has 2 aromatic carbocycles. The van der Waals surface area contributed by atoms with E-state index in [0.29, 0.717) is 16.1 Å². The number of likely N-dealkylation sites (tertiary alicyclic amines) is 1. The van der Waals surface area contributed by atoms with Crippen LogP contribution in [0, 0.1) is 0 Å². The smallest absolute Gasteiger partial charge is 0.253 e. The number of anilines is 1. The topological polar surface area (TPSA) is 90.5 Å². The van der Waals surface area contributed by atoms with Gasteiger partial charge in [-0.25, -0.2) is 4.98 Å². The van der Waals surface area contributed by atoms with Gasteiger partial charge >= 0.3 is 0 Å². The number of aromatic nitrogens is 2. The fourth-order valence-corrected chi connectivity index (χ4v) is 6.34. The average molecular weight is 609 g/mol. The molecule has 2 N–H and O–H groups in total. The van der Waals surface area contributed by atoms with Gasteiger partial charge < -0.3 is 15.5 Å². The quantitative estimate of drug-likeness (QED) is 0.271. The van der Waals surface area contributed by atoms with E-state index in [2.05, 4.69) is 37.6 Å². The highest BCUT2D eigenvalue weighted by Crippen LogP contribution is 2.30. The minimum atomic E-state index is -0.137. The van der Waals surface area contributed by atoms with Gasteiger partial charge in [0.15, 0.2) is 0 Å². The van der Waals surface area contributed by atoms with E-state index in [9.17, 15) is 9.59 Å². The third-order valence-corrected chi connectivity index (χ3v) is 8.95. The Morgan fingerprint density at radius 2 is 1.50 bits per heavy atom. The zero-order chi connectivity index (χ0) is 30.3. The van der Waals surface area contributed by atoms with E-state index in [-0.39, 0.29) is 23.9 Å². The number of piperidine rings is 2. The van der Waals surface area contributed by atoms with Gasteiger partial charge in [-0.1, -0.05) is 54.1 Å². The first-order valence-corrected chi connectivity index (χ1v) is 15.7. The first-order valence-electron chi connectivity index (χ1n) is 15.3. The maximum Gasteiger partial charge on any atom is 0.253 e. The Kier molecular flexibility index (Phi) is 9.48. The Hall–Kier alpha value is -4.27. The SMILES string of the molecule is O=C(NC1CCN(c2ccc(CN3CCC(NC(=O)c4cccc(-c5cccnc5)c4Cl)CC3)cn2)CC1)c1ccccc1. The van der Waals surface area contributed by atoms with Crippen molar-refractivity contribution in [2.24, 2.45) is 0 Å². The molecule has 2 aliphatic rings. The third-order valence-electron chi connectivity index (χ3n) is 8.54. The highest BCUT2D eigenvalue weighted by molar-refractivity contribution is 6.36. The summed E-state index contributed by atoms with van der Waals surface area (Å²) in [6.45, 7) is 4.37. The summed E-state index contributed by atoms with van der Waals surface area (Å²) in [5.74, 6) is 0.838. The molecule has 0 atom stereocenters. The molecule has 0 bridgehead atoms. The zero-order valence-corrected chi connectivity index (χ0v) is 25.4. The highest BCUT2D eigenvalue weighted by atomic mass is 35.5. The monoisotopic (exact) mass is 608 g/mol. The fourth-order valence-electron chi connectivity index (χ4n) is 6.02. The number of rotatable bonds is 8. The molecule has 6 rings (SSSR count). The molecule has 0 radical (unpaired) electrons. The number of nitrogens with one attached hydrogen (secondary N) is 2. The van der Waals surface area contributed by atoms with E-state index in [1.807, 2.05) is 60.8 Å². The summed E-state index contributed by atoms with van der Waals surface area (Å²) < 4.78 is 0. The van der Waals surface area contributed by atoms with Crippen molar-refractivity contribution in [2.45, 2.75) is 44.3 Å². The Bertz CT molecular complexity index is 1550. The van der Waals surface area contributed by atoms with Crippen LogP contribution >= 0.6 is 11.6 Å². The largest absolute Gasteiger partial charge is 0.356 e. The maximum absolute atomic E-state index is 13.1. The second kappa shape index (κ2) is 14.0. The predicted molar refractivity (Wildman–Crippen MR) is 174 cm³/mol. The zero-order valence-electron chi connectivity index (χ0n) is 24.7. The van der Waals surface area contributed by atoms with Crippen LogP contribution in [0.5, 0.6) is 0 Å². The normalized spacial score (nSPS) is 16.4. The summed E-state index contributed by atoms with van der Waals surface area (Å²) in [5, 5.41) is 6.82. The van der Waals surface area contributed by atoms with Crippen molar-refractivity contribution in [3.8, 4) is 11.1 Å². The number of carbonyl (C=O) groups excluding carboxylic acids is 2. The van der Waals surface area contributed by atoms with Crippen LogP contribution in [-0.4, -0.2) is 64.9 Å². The molecule has 2 aromatic heterocycles. The van der Waals surface area contributed by atoms with Gasteiger partial charge in [-0.05, 0) is 61.6 Å². The molecule has 0 unspecified atom stereocenters. The van der Waals surface area contributed by atoms with Gasteiger partial charge in [0.05, 0.1) is 10.6 Å². The van der Waals surface area contributed by atoms with Crippen LogP contribution in [0.4, 0.5) is 5.82 Å². The van der Waals surface area contributed by atoms with Gasteiger partial charge in [0.2, 0.25) is 0 Å². The molecular weight excluding hydrogens is 572 g/mol. The van der Waals surface area contributed by atoms with Crippen molar-refractivity contribution in [3.63, 3.8) is 0 Å². The summed E-state index contributed by atoms with van der Waals surface area (Å²) in [6, 6.07) is 23.3. The molecule has 8 nitrogen and oxygen atoms in total. The van der Waals surface area contributed by atoms with E-state index in [1.165, 1.54) is 5.56 Å². The lowest BCUT2D eigenvalue weighted by molar-refractivity contribution is 0.0906. The van der Waals surface area contributed by atoms with E-state index in [1.54, 1.807) is 18.5 Å². The molecule has 2 aliphatic heterocycles. The van der Waals surface area contributed by atoms with Crippen molar-refractivity contribution in [1.29, 1.82) is 0 Å². The number of nitrogens with zero attached hydrogens (tertiary/aromatic N) is 4. The van der Waals surface area contributed by atoms with Crippen molar-refractivity contribution in [2.75, 3.05) is 31.1 Å². The summed E-state index contributed by atoms with van der Waals surface area (Å²) in [5.41, 5.74) is 4.06. The van der Waals surface area contributed by atoms with E-state index < -0.39 is 0 Å². The van der Waals surface area contributed by atoms with Gasteiger partial charge in [0.25, 0.3) is 11.8 Å². The number of amides is 2. The van der Waals surface area contributed by atoms with Crippen LogP contribution in [-0.2, 0) is 6.54 Å². The summed E-state index contributed by atoms with van der Waals surface area (Å²) in [6.07, 6.45) is 9.00. The number of hydrogen-bond acceptors (Lipinski definition) is 6.